The van der Waals surface area contributed by atoms with Gasteiger partial charge >= 0.3 is 0 Å². The van der Waals surface area contributed by atoms with E-state index in [1.54, 1.807) is 0 Å². The predicted octanol–water partition coefficient (Wildman–Crippen LogP) is 1.50. The Labute approximate surface area is 115 Å². The fourth-order valence-electron chi connectivity index (χ4n) is 2.74. The van der Waals surface area contributed by atoms with Crippen LogP contribution in [0.1, 0.15) is 25.0 Å². The zero-order valence-electron chi connectivity index (χ0n) is 12.1. The van der Waals surface area contributed by atoms with E-state index in [1.807, 2.05) is 18.2 Å². The largest absolute Gasteiger partial charge is 0.384 e. The van der Waals surface area contributed by atoms with Crippen LogP contribution in [0.2, 0.25) is 0 Å². The molecule has 1 heterocycles. The molecule has 2 unspecified atom stereocenters. The molecule has 2 atom stereocenters. The Bertz CT molecular complexity index is 445. The van der Waals surface area contributed by atoms with Crippen molar-refractivity contribution in [2.24, 2.45) is 5.73 Å². The van der Waals surface area contributed by atoms with E-state index in [1.165, 1.54) is 5.56 Å². The molecule has 3 N–H and O–H groups in total. The van der Waals surface area contributed by atoms with Crippen molar-refractivity contribution in [2.45, 2.75) is 32.5 Å². The van der Waals surface area contributed by atoms with Crippen molar-refractivity contribution in [3.8, 4) is 0 Å². The van der Waals surface area contributed by atoms with Gasteiger partial charge in [0.25, 0.3) is 0 Å². The van der Waals surface area contributed by atoms with Crippen LogP contribution in [0.4, 0.5) is 0 Å². The van der Waals surface area contributed by atoms with Gasteiger partial charge in [0.05, 0.1) is 0 Å². The summed E-state index contributed by atoms with van der Waals surface area (Å²) in [5.74, 6) is 0.141. The number of rotatable bonds is 3. The van der Waals surface area contributed by atoms with E-state index in [-0.39, 0.29) is 5.84 Å². The SMILES string of the molecule is CC1CN(Cc2cccc(C(=N)N)c2)CC(C)N1C. The van der Waals surface area contributed by atoms with Gasteiger partial charge in [-0.3, -0.25) is 15.2 Å². The lowest BCUT2D eigenvalue weighted by molar-refractivity contribution is 0.0556. The van der Waals surface area contributed by atoms with Gasteiger partial charge in [-0.1, -0.05) is 18.2 Å². The van der Waals surface area contributed by atoms with Crippen molar-refractivity contribution < 1.29 is 0 Å². The van der Waals surface area contributed by atoms with Crippen molar-refractivity contribution in [3.05, 3.63) is 35.4 Å². The van der Waals surface area contributed by atoms with Crippen LogP contribution in [-0.2, 0) is 6.54 Å². The molecule has 1 aliphatic rings. The molecular formula is C15H24N4. The number of likely N-dealkylation sites (N-methyl/N-ethyl adjacent to an activating group) is 1. The highest BCUT2D eigenvalue weighted by atomic mass is 15.3. The number of nitrogens with zero attached hydrogens (tertiary/aromatic N) is 2. The molecule has 1 aromatic rings. The second-order valence-corrected chi connectivity index (χ2v) is 5.67. The van der Waals surface area contributed by atoms with Gasteiger partial charge in [-0.2, -0.15) is 0 Å². The molecule has 4 heteroatoms. The van der Waals surface area contributed by atoms with Gasteiger partial charge in [-0.25, -0.2) is 0 Å². The lowest BCUT2D eigenvalue weighted by Crippen LogP contribution is -2.54. The number of piperazine rings is 1. The quantitative estimate of drug-likeness (QED) is 0.639. The fraction of sp³-hybridized carbons (Fsp3) is 0.533. The Hall–Kier alpha value is -1.39. The average Bonchev–Trinajstić information content (AvgIpc) is 2.36. The normalized spacial score (nSPS) is 25.4. The van der Waals surface area contributed by atoms with Crippen molar-refractivity contribution in [1.82, 2.24) is 9.80 Å². The Balaban J connectivity index is 2.05. The topological polar surface area (TPSA) is 56.4 Å². The van der Waals surface area contributed by atoms with Crippen LogP contribution in [0.3, 0.4) is 0 Å². The van der Waals surface area contributed by atoms with E-state index in [0.717, 1.165) is 25.2 Å². The molecule has 0 saturated carbocycles. The van der Waals surface area contributed by atoms with E-state index in [2.05, 4.69) is 36.8 Å². The summed E-state index contributed by atoms with van der Waals surface area (Å²) in [4.78, 5) is 4.91. The maximum absolute atomic E-state index is 7.50. The lowest BCUT2D eigenvalue weighted by atomic mass is 10.1. The Morgan fingerprint density at radius 2 is 1.95 bits per heavy atom. The van der Waals surface area contributed by atoms with Gasteiger partial charge in [0, 0.05) is 37.3 Å². The molecular weight excluding hydrogens is 236 g/mol. The maximum Gasteiger partial charge on any atom is 0.122 e. The summed E-state index contributed by atoms with van der Waals surface area (Å²) >= 11 is 0. The third kappa shape index (κ3) is 3.33. The molecule has 0 amide bonds. The summed E-state index contributed by atoms with van der Waals surface area (Å²) in [6.07, 6.45) is 0. The van der Waals surface area contributed by atoms with Crippen LogP contribution < -0.4 is 5.73 Å². The number of benzene rings is 1. The van der Waals surface area contributed by atoms with Gasteiger partial charge in [0.1, 0.15) is 5.84 Å². The van der Waals surface area contributed by atoms with Crippen LogP contribution in [0.25, 0.3) is 0 Å². The molecule has 0 bridgehead atoms. The first-order valence-electron chi connectivity index (χ1n) is 6.85. The van der Waals surface area contributed by atoms with Crippen molar-refractivity contribution in [2.75, 3.05) is 20.1 Å². The van der Waals surface area contributed by atoms with Crippen LogP contribution in [-0.4, -0.2) is 47.9 Å². The highest BCUT2D eigenvalue weighted by molar-refractivity contribution is 5.95. The number of nitrogens with one attached hydrogen (secondary N) is 1. The highest BCUT2D eigenvalue weighted by Gasteiger charge is 2.26. The lowest BCUT2D eigenvalue weighted by Gasteiger charge is -2.42. The smallest absolute Gasteiger partial charge is 0.122 e. The number of hydrogen-bond acceptors (Lipinski definition) is 3. The first-order valence-corrected chi connectivity index (χ1v) is 6.85. The zero-order chi connectivity index (χ0) is 14.0. The molecule has 104 valence electrons. The Morgan fingerprint density at radius 3 is 2.53 bits per heavy atom. The molecule has 1 aromatic carbocycles. The predicted molar refractivity (Wildman–Crippen MR) is 79.4 cm³/mol. The van der Waals surface area contributed by atoms with Crippen LogP contribution in [0, 0.1) is 5.41 Å². The van der Waals surface area contributed by atoms with Gasteiger partial charge in [0.15, 0.2) is 0 Å². The Morgan fingerprint density at radius 1 is 1.32 bits per heavy atom. The maximum atomic E-state index is 7.50. The second kappa shape index (κ2) is 5.72. The first-order chi connectivity index (χ1) is 8.97. The molecule has 1 aliphatic heterocycles. The monoisotopic (exact) mass is 260 g/mol. The number of amidine groups is 1. The van der Waals surface area contributed by atoms with E-state index in [9.17, 15) is 0 Å². The summed E-state index contributed by atoms with van der Waals surface area (Å²) in [5.41, 5.74) is 7.59. The summed E-state index contributed by atoms with van der Waals surface area (Å²) in [7, 11) is 2.20. The molecule has 19 heavy (non-hydrogen) atoms. The van der Waals surface area contributed by atoms with E-state index in [0.29, 0.717) is 12.1 Å². The van der Waals surface area contributed by atoms with E-state index >= 15 is 0 Å². The summed E-state index contributed by atoms with van der Waals surface area (Å²) in [5, 5.41) is 7.50. The van der Waals surface area contributed by atoms with E-state index < -0.39 is 0 Å². The third-order valence-corrected chi connectivity index (χ3v) is 4.08. The van der Waals surface area contributed by atoms with Crippen molar-refractivity contribution >= 4 is 5.84 Å². The fourth-order valence-corrected chi connectivity index (χ4v) is 2.74. The number of hydrogen-bond donors (Lipinski definition) is 2. The third-order valence-electron chi connectivity index (χ3n) is 4.08. The molecule has 4 nitrogen and oxygen atoms in total. The highest BCUT2D eigenvalue weighted by Crippen LogP contribution is 2.16. The number of nitrogen functional groups attached to an aromatic ring is 1. The van der Waals surface area contributed by atoms with Gasteiger partial charge in [-0.15, -0.1) is 0 Å². The molecule has 0 spiro atoms. The molecule has 1 fully saturated rings. The summed E-state index contributed by atoms with van der Waals surface area (Å²) < 4.78 is 0. The average molecular weight is 260 g/mol. The van der Waals surface area contributed by atoms with E-state index in [4.69, 9.17) is 11.1 Å². The van der Waals surface area contributed by atoms with Gasteiger partial charge in [0.2, 0.25) is 0 Å². The van der Waals surface area contributed by atoms with Crippen molar-refractivity contribution in [1.29, 1.82) is 5.41 Å². The van der Waals surface area contributed by atoms with Crippen molar-refractivity contribution in [3.63, 3.8) is 0 Å². The minimum absolute atomic E-state index is 0.141. The molecule has 2 rings (SSSR count). The molecule has 0 radical (unpaired) electrons. The van der Waals surface area contributed by atoms with Gasteiger partial charge < -0.3 is 5.73 Å². The summed E-state index contributed by atoms with van der Waals surface area (Å²) in [6.45, 7) is 7.66. The zero-order valence-corrected chi connectivity index (χ0v) is 12.1. The molecule has 0 aliphatic carbocycles. The van der Waals surface area contributed by atoms with Gasteiger partial charge in [-0.05, 0) is 32.5 Å². The minimum Gasteiger partial charge on any atom is -0.384 e. The van der Waals surface area contributed by atoms with Crippen LogP contribution in [0.5, 0.6) is 0 Å². The first kappa shape index (κ1) is 14.0. The number of nitrogens with two attached hydrogens (primary N) is 1. The standard InChI is InChI=1S/C15H24N4/c1-11-8-19(9-12(2)18(11)3)10-13-5-4-6-14(7-13)15(16)17/h4-7,11-12H,8-10H2,1-3H3,(H3,16,17). The Kier molecular flexibility index (Phi) is 4.22. The second-order valence-electron chi connectivity index (χ2n) is 5.67. The molecule has 1 saturated heterocycles. The minimum atomic E-state index is 0.141. The molecule has 0 aromatic heterocycles. The van der Waals surface area contributed by atoms with Crippen LogP contribution in [0.15, 0.2) is 24.3 Å². The van der Waals surface area contributed by atoms with Crippen LogP contribution >= 0.6 is 0 Å². The summed E-state index contributed by atoms with van der Waals surface area (Å²) in [6, 6.07) is 9.17.